The fraction of sp³-hybridized carbons (Fsp3) is 0.235. The number of nitriles is 1. The highest BCUT2D eigenvalue weighted by atomic mass is 19.1. The van der Waals surface area contributed by atoms with Gasteiger partial charge in [-0.25, -0.2) is 4.39 Å². The monoisotopic (exact) mass is 298 g/mol. The zero-order valence-corrected chi connectivity index (χ0v) is 12.1. The Bertz CT molecular complexity index is 727. The number of fused-ring (bicyclic) bond motifs is 1. The van der Waals surface area contributed by atoms with Crippen molar-refractivity contribution >= 4 is 5.69 Å². The third kappa shape index (κ3) is 2.68. The van der Waals surface area contributed by atoms with Crippen LogP contribution in [0.3, 0.4) is 0 Å². The van der Waals surface area contributed by atoms with Gasteiger partial charge in [-0.1, -0.05) is 18.2 Å². The molecule has 0 spiro atoms. The molecule has 0 N–H and O–H groups in total. The van der Waals surface area contributed by atoms with Crippen molar-refractivity contribution in [2.45, 2.75) is 6.10 Å². The lowest BCUT2D eigenvalue weighted by Gasteiger charge is -2.30. The van der Waals surface area contributed by atoms with Gasteiger partial charge in [0, 0.05) is 7.05 Å². The number of ether oxygens (including phenoxy) is 2. The van der Waals surface area contributed by atoms with E-state index >= 15 is 0 Å². The highest BCUT2D eigenvalue weighted by Crippen LogP contribution is 2.31. The fourth-order valence-corrected chi connectivity index (χ4v) is 2.50. The molecule has 0 aliphatic carbocycles. The molecule has 1 heterocycles. The molecule has 0 saturated heterocycles. The second kappa shape index (κ2) is 5.94. The average Bonchev–Trinajstić information content (AvgIpc) is 2.54. The minimum absolute atomic E-state index is 0.0436. The standard InChI is InChI=1S/C17H15FN2O2/c1-20(15-6-4-5-14(18)13(15)9-19)10-12-11-21-16-7-2-3-8-17(16)22-12/h2-8,12H,10-11H2,1H3/t12-/m0/s1. The summed E-state index contributed by atoms with van der Waals surface area (Å²) in [6.45, 7) is 0.908. The number of rotatable bonds is 3. The average molecular weight is 298 g/mol. The molecule has 112 valence electrons. The molecule has 1 atom stereocenters. The zero-order chi connectivity index (χ0) is 15.5. The minimum Gasteiger partial charge on any atom is -0.486 e. The first kappa shape index (κ1) is 14.2. The molecule has 5 heteroatoms. The Kier molecular flexibility index (Phi) is 3.84. The molecule has 0 saturated carbocycles. The molecule has 0 aromatic heterocycles. The topological polar surface area (TPSA) is 45.5 Å². The first-order chi connectivity index (χ1) is 10.7. The molecule has 2 aromatic rings. The number of halogens is 1. The third-order valence-electron chi connectivity index (χ3n) is 3.56. The third-order valence-corrected chi connectivity index (χ3v) is 3.56. The normalized spacial score (nSPS) is 16.0. The highest BCUT2D eigenvalue weighted by Gasteiger charge is 2.23. The number of para-hydroxylation sites is 2. The summed E-state index contributed by atoms with van der Waals surface area (Å²) in [5.41, 5.74) is 0.590. The van der Waals surface area contributed by atoms with E-state index < -0.39 is 5.82 Å². The molecule has 0 unspecified atom stereocenters. The maximum Gasteiger partial charge on any atom is 0.161 e. The van der Waals surface area contributed by atoms with Crippen molar-refractivity contribution in [3.05, 3.63) is 53.8 Å². The Labute approximate surface area is 128 Å². The summed E-state index contributed by atoms with van der Waals surface area (Å²) in [6, 6.07) is 14.0. The van der Waals surface area contributed by atoms with Gasteiger partial charge >= 0.3 is 0 Å². The minimum atomic E-state index is -0.516. The number of hydrogen-bond donors (Lipinski definition) is 0. The number of likely N-dealkylation sites (N-methyl/N-ethyl adjacent to an activating group) is 1. The van der Waals surface area contributed by atoms with E-state index in [1.54, 1.807) is 19.2 Å². The summed E-state index contributed by atoms with van der Waals surface area (Å²) >= 11 is 0. The van der Waals surface area contributed by atoms with Crippen LogP contribution in [-0.2, 0) is 0 Å². The van der Waals surface area contributed by atoms with Crippen molar-refractivity contribution in [3.8, 4) is 17.6 Å². The zero-order valence-electron chi connectivity index (χ0n) is 12.1. The summed E-state index contributed by atoms with van der Waals surface area (Å²) in [5.74, 6) is 0.912. The van der Waals surface area contributed by atoms with Gasteiger partial charge in [0.2, 0.25) is 0 Å². The van der Waals surface area contributed by atoms with Gasteiger partial charge in [0.05, 0.1) is 12.2 Å². The second-order valence-corrected chi connectivity index (χ2v) is 5.12. The first-order valence-electron chi connectivity index (χ1n) is 6.97. The lowest BCUT2D eigenvalue weighted by Crippen LogP contribution is -2.39. The molecule has 0 amide bonds. The van der Waals surface area contributed by atoms with Crippen LogP contribution in [0.15, 0.2) is 42.5 Å². The number of benzene rings is 2. The lowest BCUT2D eigenvalue weighted by molar-refractivity contribution is 0.0960. The van der Waals surface area contributed by atoms with Gasteiger partial charge < -0.3 is 14.4 Å². The Hall–Kier alpha value is -2.74. The van der Waals surface area contributed by atoms with Crippen LogP contribution in [0, 0.1) is 17.1 Å². The molecule has 2 aromatic carbocycles. The quantitative estimate of drug-likeness (QED) is 0.874. The Morgan fingerprint density at radius 2 is 2.00 bits per heavy atom. The molecule has 0 fully saturated rings. The molecular weight excluding hydrogens is 283 g/mol. The van der Waals surface area contributed by atoms with Crippen LogP contribution in [0.2, 0.25) is 0 Å². The van der Waals surface area contributed by atoms with Crippen molar-refractivity contribution < 1.29 is 13.9 Å². The van der Waals surface area contributed by atoms with Gasteiger partial charge in [-0.3, -0.25) is 0 Å². The molecule has 4 nitrogen and oxygen atoms in total. The van der Waals surface area contributed by atoms with Crippen molar-refractivity contribution in [2.24, 2.45) is 0 Å². The molecule has 1 aliphatic heterocycles. The van der Waals surface area contributed by atoms with Gasteiger partial charge in [0.15, 0.2) is 17.6 Å². The van der Waals surface area contributed by atoms with Crippen LogP contribution >= 0.6 is 0 Å². The van der Waals surface area contributed by atoms with Crippen molar-refractivity contribution in [2.75, 3.05) is 25.1 Å². The van der Waals surface area contributed by atoms with Crippen molar-refractivity contribution in [1.29, 1.82) is 5.26 Å². The van der Waals surface area contributed by atoms with E-state index in [-0.39, 0.29) is 11.7 Å². The van der Waals surface area contributed by atoms with Crippen LogP contribution in [0.5, 0.6) is 11.5 Å². The van der Waals surface area contributed by atoms with Crippen LogP contribution in [0.4, 0.5) is 10.1 Å². The summed E-state index contributed by atoms with van der Waals surface area (Å²) in [4.78, 5) is 1.81. The smallest absolute Gasteiger partial charge is 0.161 e. The summed E-state index contributed by atoms with van der Waals surface area (Å²) in [6.07, 6.45) is -0.185. The van der Waals surface area contributed by atoms with Gasteiger partial charge in [0.1, 0.15) is 24.1 Å². The highest BCUT2D eigenvalue weighted by molar-refractivity contribution is 5.59. The number of anilines is 1. The molecule has 3 rings (SSSR count). The summed E-state index contributed by atoms with van der Waals surface area (Å²) in [5, 5.41) is 9.11. The van der Waals surface area contributed by atoms with Gasteiger partial charge in [-0.15, -0.1) is 0 Å². The number of nitrogens with zero attached hydrogens (tertiary/aromatic N) is 2. The molecule has 1 aliphatic rings. The van der Waals surface area contributed by atoms with Gasteiger partial charge in [0.25, 0.3) is 0 Å². The fourth-order valence-electron chi connectivity index (χ4n) is 2.50. The predicted molar refractivity (Wildman–Crippen MR) is 80.7 cm³/mol. The lowest BCUT2D eigenvalue weighted by atomic mass is 10.1. The second-order valence-electron chi connectivity index (χ2n) is 5.12. The van der Waals surface area contributed by atoms with E-state index in [1.807, 2.05) is 35.2 Å². The Morgan fingerprint density at radius 3 is 2.77 bits per heavy atom. The van der Waals surface area contributed by atoms with E-state index in [2.05, 4.69) is 0 Å². The predicted octanol–water partition coefficient (Wildman–Crippen LogP) is 2.97. The van der Waals surface area contributed by atoms with E-state index in [9.17, 15) is 4.39 Å². The maximum absolute atomic E-state index is 13.7. The van der Waals surface area contributed by atoms with Gasteiger partial charge in [-0.2, -0.15) is 5.26 Å². The summed E-state index contributed by atoms with van der Waals surface area (Å²) < 4.78 is 25.2. The molecule has 0 radical (unpaired) electrons. The SMILES string of the molecule is CN(C[C@H]1COc2ccccc2O1)c1cccc(F)c1C#N. The Balaban J connectivity index is 1.75. The van der Waals surface area contributed by atoms with Crippen LogP contribution in [0.25, 0.3) is 0 Å². The first-order valence-corrected chi connectivity index (χ1v) is 6.97. The van der Waals surface area contributed by atoms with Gasteiger partial charge in [-0.05, 0) is 24.3 Å². The van der Waals surface area contributed by atoms with E-state index in [1.165, 1.54) is 6.07 Å². The maximum atomic E-state index is 13.7. The van der Waals surface area contributed by atoms with Crippen LogP contribution < -0.4 is 14.4 Å². The molecular formula is C17H15FN2O2. The van der Waals surface area contributed by atoms with Crippen molar-refractivity contribution in [1.82, 2.24) is 0 Å². The van der Waals surface area contributed by atoms with Crippen molar-refractivity contribution in [3.63, 3.8) is 0 Å². The largest absolute Gasteiger partial charge is 0.486 e. The van der Waals surface area contributed by atoms with Crippen LogP contribution in [-0.4, -0.2) is 26.3 Å². The summed E-state index contributed by atoms with van der Waals surface area (Å²) in [7, 11) is 1.81. The molecule has 22 heavy (non-hydrogen) atoms. The van der Waals surface area contributed by atoms with Crippen LogP contribution in [0.1, 0.15) is 5.56 Å². The van der Waals surface area contributed by atoms with E-state index in [0.29, 0.717) is 24.6 Å². The number of hydrogen-bond acceptors (Lipinski definition) is 4. The Morgan fingerprint density at radius 1 is 1.23 bits per heavy atom. The van der Waals surface area contributed by atoms with E-state index in [4.69, 9.17) is 14.7 Å². The van der Waals surface area contributed by atoms with E-state index in [0.717, 1.165) is 5.75 Å². The molecule has 0 bridgehead atoms.